The van der Waals surface area contributed by atoms with E-state index in [1.807, 2.05) is 0 Å². The quantitative estimate of drug-likeness (QED) is 0.164. The van der Waals surface area contributed by atoms with E-state index in [-0.39, 0.29) is 0 Å². The first-order valence-corrected chi connectivity index (χ1v) is 17.8. The molecular weight excluding hydrogens is 645 g/mol. The number of aromatic nitrogens is 3. The van der Waals surface area contributed by atoms with Crippen LogP contribution >= 0.6 is 0 Å². The highest BCUT2D eigenvalue weighted by Crippen LogP contribution is 2.50. The summed E-state index contributed by atoms with van der Waals surface area (Å²) in [7, 11) is 0. The molecule has 0 atom stereocenters. The Morgan fingerprint density at radius 2 is 0.943 bits per heavy atom. The summed E-state index contributed by atoms with van der Waals surface area (Å²) in [5, 5.41) is 9.48. The van der Waals surface area contributed by atoms with Gasteiger partial charge in [-0.1, -0.05) is 158 Å². The van der Waals surface area contributed by atoms with E-state index in [0.717, 1.165) is 27.5 Å². The molecule has 0 bridgehead atoms. The van der Waals surface area contributed by atoms with E-state index in [9.17, 15) is 0 Å². The molecular formula is C49H32N4. The average Bonchev–Trinajstić information content (AvgIpc) is 3.24. The molecule has 10 aromatic rings. The Morgan fingerprint density at radius 1 is 0.377 bits per heavy atom. The zero-order chi connectivity index (χ0) is 35.1. The molecule has 0 fully saturated rings. The second-order valence-electron chi connectivity index (χ2n) is 13.2. The lowest BCUT2D eigenvalue weighted by atomic mass is 9.81. The van der Waals surface area contributed by atoms with Crippen molar-refractivity contribution in [3.63, 3.8) is 0 Å². The van der Waals surface area contributed by atoms with Crippen molar-refractivity contribution in [3.05, 3.63) is 195 Å². The summed E-state index contributed by atoms with van der Waals surface area (Å²) in [4.78, 5) is 15.7. The molecule has 4 heteroatoms. The van der Waals surface area contributed by atoms with Crippen molar-refractivity contribution in [2.75, 3.05) is 4.90 Å². The average molecular weight is 677 g/mol. The molecule has 4 nitrogen and oxygen atoms in total. The van der Waals surface area contributed by atoms with Crippen LogP contribution in [0.4, 0.5) is 17.3 Å². The lowest BCUT2D eigenvalue weighted by Gasteiger charge is -2.26. The fourth-order valence-corrected chi connectivity index (χ4v) is 7.99. The highest BCUT2D eigenvalue weighted by molar-refractivity contribution is 6.33. The van der Waals surface area contributed by atoms with Crippen LogP contribution in [0, 0.1) is 0 Å². The van der Waals surface area contributed by atoms with Crippen molar-refractivity contribution < 1.29 is 0 Å². The highest BCUT2D eigenvalue weighted by atomic mass is 15.3. The van der Waals surface area contributed by atoms with Gasteiger partial charge < -0.3 is 0 Å². The van der Waals surface area contributed by atoms with Crippen LogP contribution in [0.2, 0.25) is 0 Å². The first kappa shape index (κ1) is 30.6. The fraction of sp³-hybridized carbons (Fsp3) is 0. The van der Waals surface area contributed by atoms with Gasteiger partial charge in [0, 0.05) is 11.1 Å². The van der Waals surface area contributed by atoms with Gasteiger partial charge in [0.2, 0.25) is 5.95 Å². The topological polar surface area (TPSA) is 41.9 Å². The van der Waals surface area contributed by atoms with Gasteiger partial charge in [-0.25, -0.2) is 15.0 Å². The van der Waals surface area contributed by atoms with Gasteiger partial charge in [-0.2, -0.15) is 0 Å². The van der Waals surface area contributed by atoms with Gasteiger partial charge in [0.25, 0.3) is 0 Å². The van der Waals surface area contributed by atoms with Crippen molar-refractivity contribution in [2.24, 2.45) is 0 Å². The number of benzene rings is 9. The molecule has 9 aromatic carbocycles. The zero-order valence-electron chi connectivity index (χ0n) is 28.8. The third-order valence-corrected chi connectivity index (χ3v) is 10.3. The van der Waals surface area contributed by atoms with Crippen molar-refractivity contribution in [1.82, 2.24) is 15.0 Å². The van der Waals surface area contributed by atoms with E-state index in [2.05, 4.69) is 202 Å². The maximum absolute atomic E-state index is 4.68. The monoisotopic (exact) mass is 676 g/mol. The van der Waals surface area contributed by atoms with E-state index in [1.165, 1.54) is 60.3 Å². The summed E-state index contributed by atoms with van der Waals surface area (Å²) in [5.41, 5.74) is 9.15. The Balaban J connectivity index is 1.37. The van der Waals surface area contributed by atoms with Crippen LogP contribution < -0.4 is 4.90 Å². The molecule has 0 radical (unpaired) electrons. The predicted molar refractivity (Wildman–Crippen MR) is 221 cm³/mol. The number of rotatable bonds is 6. The zero-order valence-corrected chi connectivity index (χ0v) is 28.8. The largest absolute Gasteiger partial charge is 0.278 e. The summed E-state index contributed by atoms with van der Waals surface area (Å²) >= 11 is 0. The second-order valence-corrected chi connectivity index (χ2v) is 13.2. The van der Waals surface area contributed by atoms with Crippen LogP contribution in [-0.4, -0.2) is 15.0 Å². The van der Waals surface area contributed by atoms with E-state index in [4.69, 9.17) is 0 Å². The maximum atomic E-state index is 4.68. The molecule has 0 saturated heterocycles. The first-order valence-electron chi connectivity index (χ1n) is 17.8. The normalized spacial score (nSPS) is 11.4. The Hall–Kier alpha value is -7.17. The van der Waals surface area contributed by atoms with Gasteiger partial charge in [0.05, 0.1) is 5.69 Å². The molecule has 10 rings (SSSR count). The predicted octanol–water partition coefficient (Wildman–Crippen LogP) is 13.0. The smallest absolute Gasteiger partial charge is 0.237 e. The summed E-state index contributed by atoms with van der Waals surface area (Å²) < 4.78 is 0. The van der Waals surface area contributed by atoms with Gasteiger partial charge in [-0.3, -0.25) is 4.90 Å². The van der Waals surface area contributed by atoms with Crippen LogP contribution in [0.5, 0.6) is 0 Å². The number of anilines is 3. The number of hydrogen-bond acceptors (Lipinski definition) is 4. The summed E-state index contributed by atoms with van der Waals surface area (Å²) in [6, 6.07) is 65.4. The molecule has 0 N–H and O–H groups in total. The molecule has 0 saturated carbocycles. The Bertz CT molecular complexity index is 2920. The maximum Gasteiger partial charge on any atom is 0.237 e. The van der Waals surface area contributed by atoms with Crippen molar-refractivity contribution in [3.8, 4) is 33.4 Å². The molecule has 248 valence electrons. The lowest BCUT2D eigenvalue weighted by molar-refractivity contribution is 1.01. The minimum Gasteiger partial charge on any atom is -0.278 e. The molecule has 0 amide bonds. The van der Waals surface area contributed by atoms with Crippen molar-refractivity contribution in [1.29, 1.82) is 0 Å². The summed E-state index contributed by atoms with van der Waals surface area (Å²) in [5.74, 6) is 0.559. The van der Waals surface area contributed by atoms with Gasteiger partial charge in [0.1, 0.15) is 12.7 Å². The van der Waals surface area contributed by atoms with Crippen LogP contribution in [0.1, 0.15) is 0 Å². The molecule has 1 heterocycles. The fourth-order valence-electron chi connectivity index (χ4n) is 7.99. The van der Waals surface area contributed by atoms with Gasteiger partial charge in [0.15, 0.2) is 0 Å². The molecule has 0 aliphatic heterocycles. The Morgan fingerprint density at radius 3 is 1.66 bits per heavy atom. The summed E-state index contributed by atoms with van der Waals surface area (Å²) in [6.07, 6.45) is 3.12. The summed E-state index contributed by atoms with van der Waals surface area (Å²) in [6.45, 7) is 0. The van der Waals surface area contributed by atoms with Crippen molar-refractivity contribution in [2.45, 2.75) is 0 Å². The number of nitrogens with zero attached hydrogens (tertiary/aromatic N) is 4. The first-order chi connectivity index (χ1) is 26.3. The van der Waals surface area contributed by atoms with Crippen LogP contribution in [0.25, 0.3) is 76.5 Å². The minimum absolute atomic E-state index is 0.559. The standard InChI is InChI=1S/C49H32N4/c1-4-15-34(16-5-1)42-30-43(35-17-6-2-7-18-35)47-40-25-13-12-24-39(40)44-29-37(27-28-41(44)48(47)46(42)36-20-8-3-9-21-36)53(49-51-31-50-32-52-49)45-26-14-22-33-19-10-11-23-38(33)45/h1-32H. The molecule has 0 spiro atoms. The Kier molecular flexibility index (Phi) is 7.43. The van der Waals surface area contributed by atoms with Gasteiger partial charge in [-0.05, 0) is 95.3 Å². The van der Waals surface area contributed by atoms with Crippen LogP contribution in [0.15, 0.2) is 195 Å². The van der Waals surface area contributed by atoms with E-state index >= 15 is 0 Å². The molecule has 53 heavy (non-hydrogen) atoms. The van der Waals surface area contributed by atoms with Gasteiger partial charge >= 0.3 is 0 Å². The van der Waals surface area contributed by atoms with E-state index in [1.54, 1.807) is 12.7 Å². The molecule has 1 aromatic heterocycles. The Labute approximate surface area is 307 Å². The molecule has 0 aliphatic carbocycles. The molecule has 0 aliphatic rings. The number of hydrogen-bond donors (Lipinski definition) is 0. The third-order valence-electron chi connectivity index (χ3n) is 10.3. The SMILES string of the molecule is c1ccc(-c2cc(-c3ccccc3)c3c4ccccc4c4cc(N(c5ncncn5)c5cccc6ccccc56)ccc4c3c2-c2ccccc2)cc1. The van der Waals surface area contributed by atoms with Crippen LogP contribution in [0.3, 0.4) is 0 Å². The lowest BCUT2D eigenvalue weighted by Crippen LogP contribution is -2.13. The van der Waals surface area contributed by atoms with E-state index in [0.29, 0.717) is 5.95 Å². The highest BCUT2D eigenvalue weighted by Gasteiger charge is 2.23. The minimum atomic E-state index is 0.559. The molecule has 0 unspecified atom stereocenters. The number of fused-ring (bicyclic) bond motifs is 7. The van der Waals surface area contributed by atoms with E-state index < -0.39 is 0 Å². The van der Waals surface area contributed by atoms with Gasteiger partial charge in [-0.15, -0.1) is 0 Å². The second kappa shape index (κ2) is 12.9. The van der Waals surface area contributed by atoms with Crippen LogP contribution in [-0.2, 0) is 0 Å². The third kappa shape index (κ3) is 5.19. The van der Waals surface area contributed by atoms with Crippen molar-refractivity contribution >= 4 is 60.4 Å².